The zero-order chi connectivity index (χ0) is 24.5. The van der Waals surface area contributed by atoms with Crippen molar-refractivity contribution in [3.63, 3.8) is 0 Å². The summed E-state index contributed by atoms with van der Waals surface area (Å²) in [6, 6.07) is 15.8. The summed E-state index contributed by atoms with van der Waals surface area (Å²) in [7, 11) is 0. The molecule has 9 heteroatoms. The highest BCUT2D eigenvalue weighted by atomic mass is 35.5. The van der Waals surface area contributed by atoms with Crippen molar-refractivity contribution in [1.82, 2.24) is 20.1 Å². The van der Waals surface area contributed by atoms with Gasteiger partial charge in [0.1, 0.15) is 0 Å². The average Bonchev–Trinajstić information content (AvgIpc) is 3.49. The van der Waals surface area contributed by atoms with Crippen molar-refractivity contribution in [2.24, 2.45) is 5.92 Å². The van der Waals surface area contributed by atoms with E-state index in [0.717, 1.165) is 34.9 Å². The Kier molecular flexibility index (Phi) is 6.69. The van der Waals surface area contributed by atoms with Crippen LogP contribution >= 0.6 is 22.9 Å². The number of halogens is 1. The normalized spacial score (nSPS) is 15.5. The van der Waals surface area contributed by atoms with E-state index < -0.39 is 0 Å². The number of nitrogens with one attached hydrogen (secondary N) is 1. The van der Waals surface area contributed by atoms with Crippen LogP contribution in [-0.4, -0.2) is 26.0 Å². The summed E-state index contributed by atoms with van der Waals surface area (Å²) in [4.78, 5) is 21.2. The zero-order valence-electron chi connectivity index (χ0n) is 19.8. The topological polar surface area (TPSA) is 84.2 Å². The summed E-state index contributed by atoms with van der Waals surface area (Å²) >= 11 is 7.61. The predicted molar refractivity (Wildman–Crippen MR) is 137 cm³/mol. The van der Waals surface area contributed by atoms with Gasteiger partial charge in [-0.05, 0) is 41.3 Å². The number of rotatable bonds is 7. The molecule has 180 valence electrons. The number of aryl methyl sites for hydroxylation is 1. The number of aromatic nitrogens is 3. The quantitative estimate of drug-likeness (QED) is 0.328. The summed E-state index contributed by atoms with van der Waals surface area (Å²) in [5.74, 6) is 1.31. The van der Waals surface area contributed by atoms with Crippen LogP contribution in [0.25, 0.3) is 11.5 Å². The van der Waals surface area contributed by atoms with Gasteiger partial charge in [-0.1, -0.05) is 49.7 Å². The molecule has 0 radical (unpaired) electrons. The van der Waals surface area contributed by atoms with Crippen LogP contribution in [0.4, 0.5) is 5.13 Å². The number of anilines is 1. The van der Waals surface area contributed by atoms with Gasteiger partial charge in [-0.3, -0.25) is 9.69 Å². The van der Waals surface area contributed by atoms with Gasteiger partial charge in [-0.15, -0.1) is 21.5 Å². The Bertz CT molecular complexity index is 1330. The monoisotopic (exact) mass is 507 g/mol. The molecule has 7 nitrogen and oxygen atoms in total. The highest BCUT2D eigenvalue weighted by molar-refractivity contribution is 7.15. The van der Waals surface area contributed by atoms with E-state index in [4.69, 9.17) is 21.0 Å². The van der Waals surface area contributed by atoms with E-state index >= 15 is 0 Å². The van der Waals surface area contributed by atoms with Crippen molar-refractivity contribution in [3.05, 3.63) is 81.1 Å². The van der Waals surface area contributed by atoms with Crippen LogP contribution in [0, 0.1) is 12.8 Å². The molecule has 0 saturated carbocycles. The molecule has 1 aliphatic rings. The smallest absolute Gasteiger partial charge is 0.247 e. The Labute approximate surface area is 213 Å². The van der Waals surface area contributed by atoms with Gasteiger partial charge < -0.3 is 9.73 Å². The number of hydrogen-bond acceptors (Lipinski definition) is 7. The fraction of sp³-hybridized carbons (Fsp3) is 0.308. The van der Waals surface area contributed by atoms with Crippen molar-refractivity contribution in [1.29, 1.82) is 0 Å². The molecule has 0 fully saturated rings. The van der Waals surface area contributed by atoms with Crippen molar-refractivity contribution in [3.8, 4) is 11.5 Å². The number of carbonyl (C=O) groups excluding carboxylic acids is 1. The molecular formula is C26H26ClN5O2S. The third-order valence-corrected chi connectivity index (χ3v) is 7.24. The van der Waals surface area contributed by atoms with E-state index in [1.54, 1.807) is 18.3 Å². The van der Waals surface area contributed by atoms with Crippen molar-refractivity contribution < 1.29 is 9.21 Å². The van der Waals surface area contributed by atoms with Crippen LogP contribution in [0.2, 0.25) is 5.02 Å². The third-order valence-electron chi connectivity index (χ3n) is 6.02. The fourth-order valence-electron chi connectivity index (χ4n) is 4.46. The maximum atomic E-state index is 12.7. The Morgan fingerprint density at radius 1 is 1.14 bits per heavy atom. The molecule has 0 unspecified atom stereocenters. The van der Waals surface area contributed by atoms with Gasteiger partial charge in [0, 0.05) is 35.5 Å². The standard InChI is InChI=1S/C26H26ClN5O2S/c1-15(2)24-23-21(14-32(24)13-18-6-10-20(27)11-7-18)35-26(29-23)28-22(33)12-17-4-8-19(9-5-17)25-31-30-16(3)34-25/h4-11,15,24H,12-14H2,1-3H3,(H,28,29,33)/t24-/m0/s1. The minimum atomic E-state index is -0.0853. The first-order valence-electron chi connectivity index (χ1n) is 11.5. The van der Waals surface area contributed by atoms with E-state index in [9.17, 15) is 4.79 Å². The molecule has 1 atom stereocenters. The van der Waals surface area contributed by atoms with E-state index in [2.05, 4.69) is 46.4 Å². The molecule has 3 heterocycles. The number of carbonyl (C=O) groups is 1. The lowest BCUT2D eigenvalue weighted by Crippen LogP contribution is -2.26. The van der Waals surface area contributed by atoms with E-state index in [1.165, 1.54) is 10.4 Å². The van der Waals surface area contributed by atoms with E-state index in [-0.39, 0.29) is 18.4 Å². The van der Waals surface area contributed by atoms with Crippen molar-refractivity contribution >= 4 is 34.0 Å². The first-order chi connectivity index (χ1) is 16.9. The third kappa shape index (κ3) is 5.29. The van der Waals surface area contributed by atoms with Crippen molar-refractivity contribution in [2.75, 3.05) is 5.32 Å². The summed E-state index contributed by atoms with van der Waals surface area (Å²) < 4.78 is 5.45. The molecule has 35 heavy (non-hydrogen) atoms. The van der Waals surface area contributed by atoms with E-state index in [1.807, 2.05) is 36.4 Å². The molecule has 2 aromatic carbocycles. The van der Waals surface area contributed by atoms with Crippen LogP contribution in [0.5, 0.6) is 0 Å². The highest BCUT2D eigenvalue weighted by Crippen LogP contribution is 2.43. The Hall–Kier alpha value is -3.07. The lowest BCUT2D eigenvalue weighted by Gasteiger charge is -2.27. The van der Waals surface area contributed by atoms with Gasteiger partial charge in [-0.25, -0.2) is 4.98 Å². The second kappa shape index (κ2) is 9.89. The van der Waals surface area contributed by atoms with Crippen LogP contribution in [-0.2, 0) is 24.3 Å². The number of fused-ring (bicyclic) bond motifs is 1. The van der Waals surface area contributed by atoms with Gasteiger partial charge >= 0.3 is 0 Å². The minimum absolute atomic E-state index is 0.0853. The average molecular weight is 508 g/mol. The fourth-order valence-corrected chi connectivity index (χ4v) is 5.63. The summed E-state index contributed by atoms with van der Waals surface area (Å²) in [5.41, 5.74) is 4.03. The molecule has 0 bridgehead atoms. The van der Waals surface area contributed by atoms with Gasteiger partial charge in [-0.2, -0.15) is 0 Å². The number of benzene rings is 2. The summed E-state index contributed by atoms with van der Waals surface area (Å²) in [6.45, 7) is 7.84. The second-order valence-corrected chi connectivity index (χ2v) is 10.6. The molecule has 2 aromatic heterocycles. The Balaban J connectivity index is 1.23. The molecule has 0 aliphatic carbocycles. The molecule has 0 saturated heterocycles. The van der Waals surface area contributed by atoms with Gasteiger partial charge in [0.2, 0.25) is 17.7 Å². The maximum absolute atomic E-state index is 12.7. The van der Waals surface area contributed by atoms with Gasteiger partial charge in [0.15, 0.2) is 5.13 Å². The summed E-state index contributed by atoms with van der Waals surface area (Å²) in [6.07, 6.45) is 0.268. The molecule has 5 rings (SSSR count). The molecule has 1 amide bonds. The van der Waals surface area contributed by atoms with Crippen LogP contribution < -0.4 is 5.32 Å². The number of nitrogens with zero attached hydrogens (tertiary/aromatic N) is 4. The minimum Gasteiger partial charge on any atom is -0.421 e. The van der Waals surface area contributed by atoms with E-state index in [0.29, 0.717) is 22.8 Å². The van der Waals surface area contributed by atoms with Crippen LogP contribution in [0.15, 0.2) is 52.9 Å². The lowest BCUT2D eigenvalue weighted by molar-refractivity contribution is -0.115. The Morgan fingerprint density at radius 2 is 1.86 bits per heavy atom. The number of thiazole rings is 1. The predicted octanol–water partition coefficient (Wildman–Crippen LogP) is 6.05. The number of hydrogen-bond donors (Lipinski definition) is 1. The first-order valence-corrected chi connectivity index (χ1v) is 12.7. The second-order valence-electron chi connectivity index (χ2n) is 9.10. The molecule has 1 N–H and O–H groups in total. The van der Waals surface area contributed by atoms with Crippen LogP contribution in [0.1, 0.15) is 47.5 Å². The largest absolute Gasteiger partial charge is 0.421 e. The van der Waals surface area contributed by atoms with Gasteiger partial charge in [0.25, 0.3) is 0 Å². The molecule has 0 spiro atoms. The SMILES string of the molecule is Cc1nnc(-c2ccc(CC(=O)Nc3nc4c(s3)CN(Cc3ccc(Cl)cc3)[C@H]4C(C)C)cc2)o1. The Morgan fingerprint density at radius 3 is 2.51 bits per heavy atom. The van der Waals surface area contributed by atoms with Crippen molar-refractivity contribution in [2.45, 2.75) is 46.3 Å². The molecular weight excluding hydrogens is 482 g/mol. The van der Waals surface area contributed by atoms with Gasteiger partial charge in [0.05, 0.1) is 18.2 Å². The first kappa shape index (κ1) is 23.7. The highest BCUT2D eigenvalue weighted by Gasteiger charge is 2.36. The van der Waals surface area contributed by atoms with Crippen LogP contribution in [0.3, 0.4) is 0 Å². The maximum Gasteiger partial charge on any atom is 0.247 e. The zero-order valence-corrected chi connectivity index (χ0v) is 21.4. The number of amides is 1. The molecule has 4 aromatic rings. The summed E-state index contributed by atoms with van der Waals surface area (Å²) in [5, 5.41) is 12.3. The lowest BCUT2D eigenvalue weighted by atomic mass is 10.0. The molecule has 1 aliphatic heterocycles.